The van der Waals surface area contributed by atoms with E-state index in [9.17, 15) is 9.59 Å². The summed E-state index contributed by atoms with van der Waals surface area (Å²) in [7, 11) is 1.51. The lowest BCUT2D eigenvalue weighted by Crippen LogP contribution is -2.32. The molecule has 1 aromatic carbocycles. The largest absolute Gasteiger partial charge is 0.478 e. The fourth-order valence-corrected chi connectivity index (χ4v) is 1.51. The predicted octanol–water partition coefficient (Wildman–Crippen LogP) is 2.42. The number of hydrogen-bond donors (Lipinski definition) is 2. The number of nitrogens with one attached hydrogen (secondary N) is 1. The van der Waals surface area contributed by atoms with Crippen molar-refractivity contribution in [2.75, 3.05) is 18.9 Å². The second-order valence-electron chi connectivity index (χ2n) is 3.75. The molecule has 2 amide bonds. The highest BCUT2D eigenvalue weighted by Crippen LogP contribution is 2.21. The number of carboxylic acids is 1. The minimum atomic E-state index is -1.16. The van der Waals surface area contributed by atoms with Crippen LogP contribution in [0.4, 0.5) is 10.5 Å². The van der Waals surface area contributed by atoms with Crippen LogP contribution in [0.2, 0.25) is 5.02 Å². The Morgan fingerprint density at radius 1 is 1.53 bits per heavy atom. The Morgan fingerprint density at radius 3 is 2.79 bits per heavy atom. The van der Waals surface area contributed by atoms with Crippen molar-refractivity contribution < 1.29 is 14.7 Å². The molecule has 7 heteroatoms. The van der Waals surface area contributed by atoms with Gasteiger partial charge in [0.15, 0.2) is 0 Å². The van der Waals surface area contributed by atoms with E-state index in [-0.39, 0.29) is 24.2 Å². The summed E-state index contributed by atoms with van der Waals surface area (Å²) < 4.78 is 0. The summed E-state index contributed by atoms with van der Waals surface area (Å²) in [5, 5.41) is 20.2. The van der Waals surface area contributed by atoms with Crippen molar-refractivity contribution in [3.8, 4) is 6.07 Å². The van der Waals surface area contributed by atoms with E-state index in [1.165, 1.54) is 30.1 Å². The van der Waals surface area contributed by atoms with E-state index in [0.29, 0.717) is 5.02 Å². The SMILES string of the molecule is CN(CCC#N)C(=O)Nc1cc(Cl)ccc1C(=O)O. The lowest BCUT2D eigenvalue weighted by Gasteiger charge is -2.17. The number of carbonyl (C=O) groups excluding carboxylic acids is 1. The Bertz CT molecular complexity index is 540. The third-order valence-corrected chi connectivity index (χ3v) is 2.59. The number of rotatable bonds is 4. The molecule has 1 rings (SSSR count). The summed E-state index contributed by atoms with van der Waals surface area (Å²) in [6.45, 7) is 0.255. The molecule has 0 unspecified atom stereocenters. The summed E-state index contributed by atoms with van der Waals surface area (Å²) in [5.74, 6) is -1.16. The van der Waals surface area contributed by atoms with E-state index < -0.39 is 12.0 Å². The summed E-state index contributed by atoms with van der Waals surface area (Å²) in [5.41, 5.74) is 0.0697. The van der Waals surface area contributed by atoms with E-state index >= 15 is 0 Å². The van der Waals surface area contributed by atoms with Crippen LogP contribution in [0.25, 0.3) is 0 Å². The molecule has 0 atom stereocenters. The molecule has 0 aliphatic heterocycles. The molecule has 0 spiro atoms. The number of carboxylic acid groups (broad SMARTS) is 1. The number of amides is 2. The van der Waals surface area contributed by atoms with Gasteiger partial charge in [-0.05, 0) is 18.2 Å². The molecule has 19 heavy (non-hydrogen) atoms. The summed E-state index contributed by atoms with van der Waals surface area (Å²) >= 11 is 5.77. The number of benzene rings is 1. The van der Waals surface area contributed by atoms with Crippen molar-refractivity contribution >= 4 is 29.3 Å². The fraction of sp³-hybridized carbons (Fsp3) is 0.250. The molecule has 0 aliphatic carbocycles. The van der Waals surface area contributed by atoms with Crippen molar-refractivity contribution in [2.24, 2.45) is 0 Å². The summed E-state index contributed by atoms with van der Waals surface area (Å²) in [6.07, 6.45) is 0.200. The minimum Gasteiger partial charge on any atom is -0.478 e. The van der Waals surface area contributed by atoms with Crippen LogP contribution in [0, 0.1) is 11.3 Å². The summed E-state index contributed by atoms with van der Waals surface area (Å²) in [6, 6.07) is 5.53. The second kappa shape index (κ2) is 6.61. The highest BCUT2D eigenvalue weighted by Gasteiger charge is 2.15. The Labute approximate surface area is 115 Å². The first-order valence-corrected chi connectivity index (χ1v) is 5.75. The third-order valence-electron chi connectivity index (χ3n) is 2.36. The van der Waals surface area contributed by atoms with Crippen LogP contribution < -0.4 is 5.32 Å². The van der Waals surface area contributed by atoms with Gasteiger partial charge in [0.1, 0.15) is 0 Å². The maximum Gasteiger partial charge on any atom is 0.337 e. The van der Waals surface area contributed by atoms with Gasteiger partial charge in [-0.3, -0.25) is 0 Å². The summed E-state index contributed by atoms with van der Waals surface area (Å²) in [4.78, 5) is 24.1. The normalized spacial score (nSPS) is 9.53. The Morgan fingerprint density at radius 2 is 2.21 bits per heavy atom. The van der Waals surface area contributed by atoms with Gasteiger partial charge in [0.25, 0.3) is 0 Å². The van der Waals surface area contributed by atoms with Gasteiger partial charge in [-0.25, -0.2) is 9.59 Å². The van der Waals surface area contributed by atoms with Gasteiger partial charge in [-0.2, -0.15) is 5.26 Å². The van der Waals surface area contributed by atoms with Gasteiger partial charge in [-0.1, -0.05) is 11.6 Å². The highest BCUT2D eigenvalue weighted by molar-refractivity contribution is 6.31. The zero-order valence-corrected chi connectivity index (χ0v) is 10.9. The Hall–Kier alpha value is -2.26. The Kier molecular flexibility index (Phi) is 5.15. The quantitative estimate of drug-likeness (QED) is 0.886. The first-order chi connectivity index (χ1) is 8.95. The number of nitrogens with zero attached hydrogens (tertiary/aromatic N) is 2. The van der Waals surface area contributed by atoms with Gasteiger partial charge in [0.2, 0.25) is 0 Å². The third kappa shape index (κ3) is 4.16. The predicted molar refractivity (Wildman–Crippen MR) is 70.3 cm³/mol. The number of hydrogen-bond acceptors (Lipinski definition) is 3. The first-order valence-electron chi connectivity index (χ1n) is 5.37. The van der Waals surface area contributed by atoms with Gasteiger partial charge in [0.05, 0.1) is 23.7 Å². The van der Waals surface area contributed by atoms with Crippen molar-refractivity contribution in [3.63, 3.8) is 0 Å². The second-order valence-corrected chi connectivity index (χ2v) is 4.19. The smallest absolute Gasteiger partial charge is 0.337 e. The lowest BCUT2D eigenvalue weighted by atomic mass is 10.2. The molecule has 100 valence electrons. The molecular formula is C12H12ClN3O3. The van der Waals surface area contributed by atoms with Crippen LogP contribution in [0.5, 0.6) is 0 Å². The molecule has 0 heterocycles. The molecule has 0 saturated heterocycles. The van der Waals surface area contributed by atoms with Gasteiger partial charge in [0, 0.05) is 18.6 Å². The monoisotopic (exact) mass is 281 g/mol. The van der Waals surface area contributed by atoms with Crippen LogP contribution >= 0.6 is 11.6 Å². The van der Waals surface area contributed by atoms with Crippen molar-refractivity contribution in [1.29, 1.82) is 5.26 Å². The van der Waals surface area contributed by atoms with Crippen LogP contribution in [0.15, 0.2) is 18.2 Å². The lowest BCUT2D eigenvalue weighted by molar-refractivity contribution is 0.0698. The molecule has 0 radical (unpaired) electrons. The molecule has 2 N–H and O–H groups in total. The standard InChI is InChI=1S/C12H12ClN3O3/c1-16(6-2-5-14)12(19)15-10-7-8(13)3-4-9(10)11(17)18/h3-4,7H,2,6H2,1H3,(H,15,19)(H,17,18). The topological polar surface area (TPSA) is 93.4 Å². The number of nitriles is 1. The number of urea groups is 1. The Balaban J connectivity index is 2.87. The van der Waals surface area contributed by atoms with E-state index in [2.05, 4.69) is 5.32 Å². The van der Waals surface area contributed by atoms with E-state index in [4.69, 9.17) is 22.0 Å². The highest BCUT2D eigenvalue weighted by atomic mass is 35.5. The fourth-order valence-electron chi connectivity index (χ4n) is 1.34. The van der Waals surface area contributed by atoms with E-state index in [1.54, 1.807) is 0 Å². The van der Waals surface area contributed by atoms with Crippen molar-refractivity contribution in [2.45, 2.75) is 6.42 Å². The van der Waals surface area contributed by atoms with Gasteiger partial charge >= 0.3 is 12.0 Å². The zero-order chi connectivity index (χ0) is 14.4. The molecule has 1 aromatic rings. The molecular weight excluding hydrogens is 270 g/mol. The van der Waals surface area contributed by atoms with Gasteiger partial charge in [-0.15, -0.1) is 0 Å². The molecule has 6 nitrogen and oxygen atoms in total. The number of halogens is 1. The average Bonchev–Trinajstić information content (AvgIpc) is 2.35. The maximum absolute atomic E-state index is 11.8. The van der Waals surface area contributed by atoms with Crippen LogP contribution in [-0.4, -0.2) is 35.6 Å². The van der Waals surface area contributed by atoms with Crippen molar-refractivity contribution in [3.05, 3.63) is 28.8 Å². The average molecular weight is 282 g/mol. The molecule has 0 aliphatic rings. The van der Waals surface area contributed by atoms with Crippen LogP contribution in [0.3, 0.4) is 0 Å². The van der Waals surface area contributed by atoms with Crippen LogP contribution in [0.1, 0.15) is 16.8 Å². The van der Waals surface area contributed by atoms with Crippen molar-refractivity contribution in [1.82, 2.24) is 4.90 Å². The van der Waals surface area contributed by atoms with E-state index in [0.717, 1.165) is 0 Å². The number of carbonyl (C=O) groups is 2. The van der Waals surface area contributed by atoms with Gasteiger partial charge < -0.3 is 15.3 Å². The molecule has 0 aromatic heterocycles. The van der Waals surface area contributed by atoms with Crippen LogP contribution in [-0.2, 0) is 0 Å². The van der Waals surface area contributed by atoms with E-state index in [1.807, 2.05) is 6.07 Å². The minimum absolute atomic E-state index is 0.0496. The molecule has 0 bridgehead atoms. The maximum atomic E-state index is 11.8. The number of anilines is 1. The molecule has 0 saturated carbocycles. The zero-order valence-electron chi connectivity index (χ0n) is 10.2. The molecule has 0 fully saturated rings. The number of aromatic carboxylic acids is 1. The first kappa shape index (κ1) is 14.8.